The van der Waals surface area contributed by atoms with Crippen molar-refractivity contribution in [2.75, 3.05) is 20.8 Å². The number of carbonyl (C=O) groups is 1. The van der Waals surface area contributed by atoms with Crippen LogP contribution in [0.15, 0.2) is 16.9 Å². The lowest BCUT2D eigenvalue weighted by Gasteiger charge is -2.24. The zero-order valence-electron chi connectivity index (χ0n) is 12.6. The molecule has 0 spiro atoms. The molecule has 0 fully saturated rings. The Kier molecular flexibility index (Phi) is 6.38. The maximum atomic E-state index is 12.3. The van der Waals surface area contributed by atoms with E-state index in [2.05, 4.69) is 12.0 Å². The first-order valence-corrected chi connectivity index (χ1v) is 6.85. The Morgan fingerprint density at radius 1 is 1.50 bits per heavy atom. The van der Waals surface area contributed by atoms with Gasteiger partial charge in [0, 0.05) is 26.3 Å². The molecule has 0 aromatic carbocycles. The van der Waals surface area contributed by atoms with Gasteiger partial charge in [0.15, 0.2) is 0 Å². The zero-order chi connectivity index (χ0) is 15.1. The van der Waals surface area contributed by atoms with Crippen molar-refractivity contribution in [3.63, 3.8) is 0 Å². The summed E-state index contributed by atoms with van der Waals surface area (Å²) >= 11 is 0. The highest BCUT2D eigenvalue weighted by molar-refractivity contribution is 5.92. The number of carbonyl (C=O) groups excluding carboxylic acids is 1. The van der Waals surface area contributed by atoms with Crippen molar-refractivity contribution in [1.82, 2.24) is 14.7 Å². The summed E-state index contributed by atoms with van der Waals surface area (Å²) in [5, 5.41) is 4.11. The number of amides is 1. The first-order valence-electron chi connectivity index (χ1n) is 6.85. The molecule has 1 amide bonds. The summed E-state index contributed by atoms with van der Waals surface area (Å²) in [4.78, 5) is 25.6. The number of hydrogen-bond donors (Lipinski definition) is 0. The van der Waals surface area contributed by atoms with Gasteiger partial charge in [-0.05, 0) is 19.4 Å². The van der Waals surface area contributed by atoms with Crippen molar-refractivity contribution in [3.8, 4) is 0 Å². The van der Waals surface area contributed by atoms with Gasteiger partial charge in [-0.25, -0.2) is 4.68 Å². The number of ether oxygens (including phenoxy) is 1. The molecule has 0 saturated carbocycles. The molecule has 1 unspecified atom stereocenters. The molecule has 0 aliphatic rings. The van der Waals surface area contributed by atoms with Crippen LogP contribution >= 0.6 is 0 Å². The van der Waals surface area contributed by atoms with Crippen molar-refractivity contribution < 1.29 is 9.53 Å². The smallest absolute Gasteiger partial charge is 0.274 e. The molecule has 6 nitrogen and oxygen atoms in total. The van der Waals surface area contributed by atoms with Crippen molar-refractivity contribution in [1.29, 1.82) is 0 Å². The van der Waals surface area contributed by atoms with Gasteiger partial charge in [0.05, 0.1) is 13.2 Å². The van der Waals surface area contributed by atoms with Gasteiger partial charge in [-0.15, -0.1) is 0 Å². The van der Waals surface area contributed by atoms with Gasteiger partial charge in [-0.1, -0.05) is 13.3 Å². The van der Waals surface area contributed by atoms with Crippen molar-refractivity contribution in [2.45, 2.75) is 39.3 Å². The Hall–Kier alpha value is -1.69. The van der Waals surface area contributed by atoms with Crippen LogP contribution in [-0.2, 0) is 11.3 Å². The molecule has 0 aliphatic heterocycles. The van der Waals surface area contributed by atoms with E-state index in [4.69, 9.17) is 4.74 Å². The lowest BCUT2D eigenvalue weighted by atomic mass is 10.1. The van der Waals surface area contributed by atoms with Gasteiger partial charge < -0.3 is 9.64 Å². The van der Waals surface area contributed by atoms with Crippen LogP contribution in [0.2, 0.25) is 0 Å². The van der Waals surface area contributed by atoms with Crippen LogP contribution in [0.3, 0.4) is 0 Å². The second kappa shape index (κ2) is 7.79. The van der Waals surface area contributed by atoms with Crippen LogP contribution < -0.4 is 5.56 Å². The van der Waals surface area contributed by atoms with E-state index in [1.54, 1.807) is 19.1 Å². The number of aromatic nitrogens is 2. The van der Waals surface area contributed by atoms with Gasteiger partial charge in [0.1, 0.15) is 5.69 Å². The molecule has 0 bridgehead atoms. The van der Waals surface area contributed by atoms with Gasteiger partial charge >= 0.3 is 0 Å². The van der Waals surface area contributed by atoms with Crippen molar-refractivity contribution >= 4 is 5.91 Å². The zero-order valence-corrected chi connectivity index (χ0v) is 12.6. The average Bonchev–Trinajstić information content (AvgIpc) is 2.45. The summed E-state index contributed by atoms with van der Waals surface area (Å²) in [6.45, 7) is 4.80. The van der Waals surface area contributed by atoms with E-state index in [1.807, 2.05) is 6.92 Å². The van der Waals surface area contributed by atoms with E-state index >= 15 is 0 Å². The second-order valence-electron chi connectivity index (χ2n) is 4.83. The molecule has 0 N–H and O–H groups in total. The molecule has 0 saturated heterocycles. The minimum atomic E-state index is -0.233. The first-order chi connectivity index (χ1) is 9.51. The summed E-state index contributed by atoms with van der Waals surface area (Å²) in [6.07, 6.45) is 1.95. The molecule has 6 heteroatoms. The maximum absolute atomic E-state index is 12.3. The normalized spacial score (nSPS) is 12.2. The number of rotatable bonds is 7. The van der Waals surface area contributed by atoms with Crippen LogP contribution in [0, 0.1) is 0 Å². The highest BCUT2D eigenvalue weighted by Gasteiger charge is 2.18. The third-order valence-electron chi connectivity index (χ3n) is 3.28. The van der Waals surface area contributed by atoms with Crippen molar-refractivity contribution in [3.05, 3.63) is 28.2 Å². The summed E-state index contributed by atoms with van der Waals surface area (Å²) in [6, 6.07) is 2.99. The largest absolute Gasteiger partial charge is 0.383 e. The Balaban J connectivity index is 2.90. The minimum absolute atomic E-state index is 0.147. The topological polar surface area (TPSA) is 64.4 Å². The summed E-state index contributed by atoms with van der Waals surface area (Å²) in [5.41, 5.74) is 0.0500. The fraction of sp³-hybridized carbons (Fsp3) is 0.643. The number of methoxy groups -OCH3 is 1. The quantitative estimate of drug-likeness (QED) is 0.752. The van der Waals surface area contributed by atoms with Crippen molar-refractivity contribution in [2.24, 2.45) is 0 Å². The molecule has 1 heterocycles. The average molecular weight is 281 g/mol. The monoisotopic (exact) mass is 281 g/mol. The summed E-state index contributed by atoms with van der Waals surface area (Å²) in [5.74, 6) is -0.169. The SMILES string of the molecule is CCCC(C)N(C)C(=O)c1ccc(=O)n(CCOC)n1. The third-order valence-corrected chi connectivity index (χ3v) is 3.28. The summed E-state index contributed by atoms with van der Waals surface area (Å²) in [7, 11) is 3.31. The Labute approximate surface area is 119 Å². The minimum Gasteiger partial charge on any atom is -0.383 e. The third kappa shape index (κ3) is 4.16. The molecule has 1 rings (SSSR count). The standard InChI is InChI=1S/C14H23N3O3/c1-5-6-11(2)16(3)14(19)12-7-8-13(18)17(15-12)9-10-20-4/h7-8,11H,5-6,9-10H2,1-4H3. The molecule has 0 aliphatic carbocycles. The highest BCUT2D eigenvalue weighted by atomic mass is 16.5. The van der Waals surface area contributed by atoms with Gasteiger partial charge in [-0.2, -0.15) is 5.10 Å². The van der Waals surface area contributed by atoms with E-state index in [0.29, 0.717) is 13.2 Å². The Bertz CT molecular complexity index is 499. The molecule has 1 atom stereocenters. The Morgan fingerprint density at radius 3 is 2.80 bits per heavy atom. The molecule has 1 aromatic rings. The van der Waals surface area contributed by atoms with E-state index in [1.165, 1.54) is 16.8 Å². The van der Waals surface area contributed by atoms with Crippen LogP contribution in [0.4, 0.5) is 0 Å². The predicted octanol–water partition coefficient (Wildman–Crippen LogP) is 1.15. The van der Waals surface area contributed by atoms with E-state index in [0.717, 1.165) is 12.8 Å². The van der Waals surface area contributed by atoms with Crippen LogP contribution in [0.5, 0.6) is 0 Å². The highest BCUT2D eigenvalue weighted by Crippen LogP contribution is 2.07. The summed E-state index contributed by atoms with van der Waals surface area (Å²) < 4.78 is 6.18. The maximum Gasteiger partial charge on any atom is 0.274 e. The lowest BCUT2D eigenvalue weighted by Crippen LogP contribution is -2.37. The first kappa shape index (κ1) is 16.4. The molecule has 0 radical (unpaired) electrons. The van der Waals surface area contributed by atoms with E-state index in [9.17, 15) is 9.59 Å². The molecular formula is C14H23N3O3. The predicted molar refractivity (Wildman–Crippen MR) is 76.8 cm³/mol. The second-order valence-corrected chi connectivity index (χ2v) is 4.83. The fourth-order valence-electron chi connectivity index (χ4n) is 1.89. The molecule has 1 aromatic heterocycles. The number of hydrogen-bond acceptors (Lipinski definition) is 4. The molecular weight excluding hydrogens is 258 g/mol. The van der Waals surface area contributed by atoms with Crippen LogP contribution in [-0.4, -0.2) is 47.4 Å². The van der Waals surface area contributed by atoms with E-state index < -0.39 is 0 Å². The van der Waals surface area contributed by atoms with Gasteiger partial charge in [-0.3, -0.25) is 9.59 Å². The van der Waals surface area contributed by atoms with Crippen LogP contribution in [0.1, 0.15) is 37.2 Å². The Morgan fingerprint density at radius 2 is 2.20 bits per heavy atom. The van der Waals surface area contributed by atoms with Gasteiger partial charge in [0.25, 0.3) is 11.5 Å². The van der Waals surface area contributed by atoms with E-state index in [-0.39, 0.29) is 23.2 Å². The molecule has 112 valence electrons. The fourth-order valence-corrected chi connectivity index (χ4v) is 1.89. The van der Waals surface area contributed by atoms with Crippen LogP contribution in [0.25, 0.3) is 0 Å². The molecule has 20 heavy (non-hydrogen) atoms. The number of nitrogens with zero attached hydrogens (tertiary/aromatic N) is 3. The lowest BCUT2D eigenvalue weighted by molar-refractivity contribution is 0.0727. The van der Waals surface area contributed by atoms with Gasteiger partial charge in [0.2, 0.25) is 0 Å².